The number of fused-ring (bicyclic) bond motifs is 1. The van der Waals surface area contributed by atoms with Crippen molar-refractivity contribution in [3.05, 3.63) is 73.6 Å². The second-order valence-electron chi connectivity index (χ2n) is 7.00. The highest BCUT2D eigenvalue weighted by atomic mass is 32.2. The SMILES string of the molecule is CSc1nc2c(c(=O)[nH]1)CN(Cc1c(C)n(C)n(-c3ccccc3)c1=O)CC2. The average molecular weight is 398 g/mol. The van der Waals surface area contributed by atoms with Crippen molar-refractivity contribution in [1.29, 1.82) is 0 Å². The van der Waals surface area contributed by atoms with E-state index in [1.807, 2.05) is 55.2 Å². The number of para-hydroxylation sites is 1. The Morgan fingerprint density at radius 3 is 2.68 bits per heavy atom. The molecular formula is C20H23N5O2S. The molecule has 0 amide bonds. The van der Waals surface area contributed by atoms with E-state index >= 15 is 0 Å². The highest BCUT2D eigenvalue weighted by Gasteiger charge is 2.24. The zero-order valence-electron chi connectivity index (χ0n) is 16.2. The third-order valence-corrected chi connectivity index (χ3v) is 5.95. The molecule has 4 rings (SSSR count). The van der Waals surface area contributed by atoms with Crippen LogP contribution in [0, 0.1) is 6.92 Å². The lowest BCUT2D eigenvalue weighted by Crippen LogP contribution is -2.36. The molecule has 0 radical (unpaired) electrons. The van der Waals surface area contributed by atoms with Gasteiger partial charge in [0.2, 0.25) is 0 Å². The lowest BCUT2D eigenvalue weighted by Gasteiger charge is -2.27. The summed E-state index contributed by atoms with van der Waals surface area (Å²) in [4.78, 5) is 35.0. The van der Waals surface area contributed by atoms with Gasteiger partial charge >= 0.3 is 0 Å². The van der Waals surface area contributed by atoms with E-state index in [-0.39, 0.29) is 11.1 Å². The topological polar surface area (TPSA) is 75.9 Å². The van der Waals surface area contributed by atoms with Crippen LogP contribution in [0.25, 0.3) is 5.69 Å². The van der Waals surface area contributed by atoms with Gasteiger partial charge in [-0.3, -0.25) is 19.2 Å². The van der Waals surface area contributed by atoms with E-state index in [1.54, 1.807) is 4.68 Å². The minimum atomic E-state index is -0.0782. The molecule has 0 spiro atoms. The van der Waals surface area contributed by atoms with Crippen LogP contribution >= 0.6 is 11.8 Å². The molecule has 3 aromatic rings. The van der Waals surface area contributed by atoms with Gasteiger partial charge in [0.05, 0.1) is 22.5 Å². The van der Waals surface area contributed by atoms with E-state index in [1.165, 1.54) is 11.8 Å². The molecule has 28 heavy (non-hydrogen) atoms. The van der Waals surface area contributed by atoms with Gasteiger partial charge < -0.3 is 4.98 Å². The quantitative estimate of drug-likeness (QED) is 0.537. The normalized spacial score (nSPS) is 14.2. The van der Waals surface area contributed by atoms with Crippen molar-refractivity contribution in [3.63, 3.8) is 0 Å². The van der Waals surface area contributed by atoms with Crippen molar-refractivity contribution < 1.29 is 0 Å². The summed E-state index contributed by atoms with van der Waals surface area (Å²) in [5.41, 5.74) is 4.03. The highest BCUT2D eigenvalue weighted by molar-refractivity contribution is 7.98. The maximum Gasteiger partial charge on any atom is 0.276 e. The lowest BCUT2D eigenvalue weighted by molar-refractivity contribution is 0.239. The first-order valence-electron chi connectivity index (χ1n) is 9.21. The Balaban J connectivity index is 1.65. The van der Waals surface area contributed by atoms with Crippen LogP contribution in [0.2, 0.25) is 0 Å². The Kier molecular flexibility index (Phi) is 4.99. The molecule has 0 saturated heterocycles. The average Bonchev–Trinajstić information content (AvgIpc) is 2.92. The molecule has 1 aliphatic heterocycles. The van der Waals surface area contributed by atoms with Gasteiger partial charge in [-0.15, -0.1) is 0 Å². The summed E-state index contributed by atoms with van der Waals surface area (Å²) in [6.07, 6.45) is 2.61. The molecule has 1 N–H and O–H groups in total. The zero-order valence-corrected chi connectivity index (χ0v) is 17.0. The standard InChI is InChI=1S/C20H23N5O2S/c1-13-15(19(27)25(23(13)2)14-7-5-4-6-8-14)11-24-10-9-17-16(12-24)18(26)22-20(21-17)28-3/h4-8H,9-12H2,1-3H3,(H,21,22,26). The molecule has 7 nitrogen and oxygen atoms in total. The van der Waals surface area contributed by atoms with Gasteiger partial charge in [-0.05, 0) is 25.3 Å². The minimum absolute atomic E-state index is 0.0123. The summed E-state index contributed by atoms with van der Waals surface area (Å²) in [7, 11) is 1.90. The summed E-state index contributed by atoms with van der Waals surface area (Å²) >= 11 is 1.44. The number of aromatic amines is 1. The van der Waals surface area contributed by atoms with Crippen molar-refractivity contribution in [3.8, 4) is 5.69 Å². The van der Waals surface area contributed by atoms with Crippen LogP contribution < -0.4 is 11.1 Å². The first-order valence-corrected chi connectivity index (χ1v) is 10.4. The highest BCUT2D eigenvalue weighted by Crippen LogP contribution is 2.19. The zero-order chi connectivity index (χ0) is 19.8. The Bertz CT molecular complexity index is 1130. The summed E-state index contributed by atoms with van der Waals surface area (Å²) in [5, 5.41) is 0.654. The van der Waals surface area contributed by atoms with Gasteiger partial charge in [0.25, 0.3) is 11.1 Å². The van der Waals surface area contributed by atoms with Crippen LogP contribution in [0.4, 0.5) is 0 Å². The van der Waals surface area contributed by atoms with Crippen LogP contribution in [0.3, 0.4) is 0 Å². The van der Waals surface area contributed by atoms with Crippen molar-refractivity contribution in [2.45, 2.75) is 31.6 Å². The van der Waals surface area contributed by atoms with Crippen LogP contribution in [-0.2, 0) is 26.6 Å². The molecule has 0 unspecified atom stereocenters. The molecule has 1 aliphatic rings. The predicted octanol–water partition coefficient (Wildman–Crippen LogP) is 1.85. The smallest absolute Gasteiger partial charge is 0.276 e. The summed E-state index contributed by atoms with van der Waals surface area (Å²) in [6, 6.07) is 9.64. The molecule has 2 aromatic heterocycles. The number of aromatic nitrogens is 4. The van der Waals surface area contributed by atoms with Gasteiger partial charge in [0.1, 0.15) is 0 Å². The number of thioether (sulfide) groups is 1. The van der Waals surface area contributed by atoms with Crippen LogP contribution in [0.15, 0.2) is 45.1 Å². The minimum Gasteiger partial charge on any atom is -0.301 e. The Morgan fingerprint density at radius 2 is 1.96 bits per heavy atom. The maximum absolute atomic E-state index is 13.1. The second-order valence-corrected chi connectivity index (χ2v) is 7.80. The van der Waals surface area contributed by atoms with E-state index in [0.717, 1.165) is 29.2 Å². The molecular weight excluding hydrogens is 374 g/mol. The Hall–Kier alpha value is -2.58. The number of nitrogens with one attached hydrogen (secondary N) is 1. The van der Waals surface area contributed by atoms with E-state index < -0.39 is 0 Å². The fourth-order valence-corrected chi connectivity index (χ4v) is 4.12. The van der Waals surface area contributed by atoms with Gasteiger partial charge in [0.15, 0.2) is 5.16 Å². The number of hydrogen-bond acceptors (Lipinski definition) is 5. The molecule has 0 fully saturated rings. The molecule has 8 heteroatoms. The van der Waals surface area contributed by atoms with E-state index in [9.17, 15) is 9.59 Å². The van der Waals surface area contributed by atoms with Gasteiger partial charge in [-0.1, -0.05) is 30.0 Å². The van der Waals surface area contributed by atoms with Crippen molar-refractivity contribution >= 4 is 11.8 Å². The second kappa shape index (κ2) is 7.44. The first-order chi connectivity index (χ1) is 13.5. The number of H-pyrrole nitrogens is 1. The number of hydrogen-bond donors (Lipinski definition) is 1. The summed E-state index contributed by atoms with van der Waals surface area (Å²) < 4.78 is 3.59. The Morgan fingerprint density at radius 1 is 1.21 bits per heavy atom. The Labute approximate surface area is 167 Å². The van der Waals surface area contributed by atoms with E-state index in [2.05, 4.69) is 14.9 Å². The monoisotopic (exact) mass is 397 g/mol. The van der Waals surface area contributed by atoms with Crippen molar-refractivity contribution in [2.75, 3.05) is 12.8 Å². The van der Waals surface area contributed by atoms with Crippen LogP contribution in [0.5, 0.6) is 0 Å². The fourth-order valence-electron chi connectivity index (χ4n) is 3.72. The van der Waals surface area contributed by atoms with Gasteiger partial charge in [-0.2, -0.15) is 0 Å². The van der Waals surface area contributed by atoms with Crippen molar-refractivity contribution in [2.24, 2.45) is 7.05 Å². The summed E-state index contributed by atoms with van der Waals surface area (Å²) in [5.74, 6) is 0. The third-order valence-electron chi connectivity index (χ3n) is 5.37. The van der Waals surface area contributed by atoms with E-state index in [0.29, 0.717) is 30.2 Å². The maximum atomic E-state index is 13.1. The van der Waals surface area contributed by atoms with E-state index in [4.69, 9.17) is 0 Å². The molecule has 3 heterocycles. The fraction of sp³-hybridized carbons (Fsp3) is 0.350. The largest absolute Gasteiger partial charge is 0.301 e. The van der Waals surface area contributed by atoms with Crippen LogP contribution in [0.1, 0.15) is 22.5 Å². The summed E-state index contributed by atoms with van der Waals surface area (Å²) in [6.45, 7) is 3.76. The lowest BCUT2D eigenvalue weighted by atomic mass is 10.1. The molecule has 0 saturated carbocycles. The molecule has 0 atom stereocenters. The van der Waals surface area contributed by atoms with Gasteiger partial charge in [-0.25, -0.2) is 9.67 Å². The number of rotatable bonds is 4. The molecule has 1 aromatic carbocycles. The predicted molar refractivity (Wildman–Crippen MR) is 110 cm³/mol. The van der Waals surface area contributed by atoms with Gasteiger partial charge in [0, 0.05) is 38.8 Å². The van der Waals surface area contributed by atoms with Crippen molar-refractivity contribution in [1.82, 2.24) is 24.2 Å². The number of benzene rings is 1. The molecule has 0 aliphatic carbocycles. The first kappa shape index (κ1) is 18.8. The van der Waals surface area contributed by atoms with Crippen LogP contribution in [-0.4, -0.2) is 37.0 Å². The number of nitrogens with zero attached hydrogens (tertiary/aromatic N) is 4. The molecule has 0 bridgehead atoms. The molecule has 146 valence electrons. The third kappa shape index (κ3) is 3.22.